The summed E-state index contributed by atoms with van der Waals surface area (Å²) in [5, 5.41) is 5.70. The average molecular weight is 631 g/mol. The highest BCUT2D eigenvalue weighted by atomic mass is 35.5. The summed E-state index contributed by atoms with van der Waals surface area (Å²) in [5.74, 6) is 0.443. The standard InChI is InChI=1S/C39H45Cl2NO2/c1-29-10-4-6-12-36(29)33(27-43-25-31-14-18-34(40)19-15-31)24-42-39(22-8-3-9-23-39)38(37-13-7-5-11-30(37)2)28-44-26-32-16-20-35(41)21-17-32/h4-7,10-21,33,38,42H,3,8-9,22-28H2,1-2H3. The molecule has 0 heterocycles. The van der Waals surface area contributed by atoms with Crippen molar-refractivity contribution >= 4 is 23.2 Å². The van der Waals surface area contributed by atoms with Crippen molar-refractivity contribution in [3.8, 4) is 0 Å². The number of rotatable bonds is 14. The van der Waals surface area contributed by atoms with Crippen molar-refractivity contribution < 1.29 is 9.47 Å². The minimum Gasteiger partial charge on any atom is -0.376 e. The number of ether oxygens (including phenoxy) is 2. The number of halogens is 2. The van der Waals surface area contributed by atoms with Gasteiger partial charge in [-0.25, -0.2) is 0 Å². The van der Waals surface area contributed by atoms with Crippen LogP contribution in [-0.2, 0) is 22.7 Å². The number of benzene rings is 4. The highest BCUT2D eigenvalue weighted by molar-refractivity contribution is 6.30. The predicted molar refractivity (Wildman–Crippen MR) is 184 cm³/mol. The normalized spacial score (nSPS) is 16.0. The topological polar surface area (TPSA) is 30.5 Å². The molecule has 1 fully saturated rings. The zero-order chi connectivity index (χ0) is 30.8. The summed E-state index contributed by atoms with van der Waals surface area (Å²) in [4.78, 5) is 0. The molecule has 2 unspecified atom stereocenters. The Balaban J connectivity index is 1.37. The van der Waals surface area contributed by atoms with Crippen LogP contribution in [0.2, 0.25) is 10.0 Å². The monoisotopic (exact) mass is 629 g/mol. The third-order valence-corrected chi connectivity index (χ3v) is 9.78. The molecular formula is C39H45Cl2NO2. The SMILES string of the molecule is Cc1ccccc1C(CNC1(C(COCc2ccc(Cl)cc2)c2ccccc2C)CCCCC1)COCc1ccc(Cl)cc1. The summed E-state index contributed by atoms with van der Waals surface area (Å²) in [6.45, 7) is 7.71. The molecule has 0 aliphatic heterocycles. The van der Waals surface area contributed by atoms with Gasteiger partial charge in [-0.3, -0.25) is 0 Å². The molecule has 0 amide bonds. The maximum Gasteiger partial charge on any atom is 0.0717 e. The first kappa shape index (κ1) is 32.7. The van der Waals surface area contributed by atoms with Crippen LogP contribution in [0.25, 0.3) is 0 Å². The van der Waals surface area contributed by atoms with Crippen molar-refractivity contribution in [3.63, 3.8) is 0 Å². The van der Waals surface area contributed by atoms with Gasteiger partial charge in [-0.15, -0.1) is 0 Å². The van der Waals surface area contributed by atoms with Crippen LogP contribution >= 0.6 is 23.2 Å². The smallest absolute Gasteiger partial charge is 0.0717 e. The molecule has 1 saturated carbocycles. The van der Waals surface area contributed by atoms with Crippen molar-refractivity contribution in [3.05, 3.63) is 140 Å². The van der Waals surface area contributed by atoms with E-state index >= 15 is 0 Å². The summed E-state index contributed by atoms with van der Waals surface area (Å²) in [6.07, 6.45) is 5.97. The molecule has 1 aliphatic rings. The molecule has 44 heavy (non-hydrogen) atoms. The highest BCUT2D eigenvalue weighted by Crippen LogP contribution is 2.42. The number of aryl methyl sites for hydroxylation is 2. The van der Waals surface area contributed by atoms with E-state index in [0.29, 0.717) is 26.4 Å². The maximum atomic E-state index is 6.53. The lowest BCUT2D eigenvalue weighted by Gasteiger charge is -2.46. The van der Waals surface area contributed by atoms with Crippen molar-refractivity contribution in [2.45, 2.75) is 76.5 Å². The molecule has 2 atom stereocenters. The van der Waals surface area contributed by atoms with Gasteiger partial charge < -0.3 is 14.8 Å². The van der Waals surface area contributed by atoms with Crippen molar-refractivity contribution in [1.29, 1.82) is 0 Å². The lowest BCUT2D eigenvalue weighted by Crippen LogP contribution is -2.54. The summed E-state index contributed by atoms with van der Waals surface area (Å²) >= 11 is 12.2. The highest BCUT2D eigenvalue weighted by Gasteiger charge is 2.41. The van der Waals surface area contributed by atoms with Gasteiger partial charge in [-0.2, -0.15) is 0 Å². The molecule has 5 rings (SSSR count). The Hall–Kier alpha value is -2.66. The van der Waals surface area contributed by atoms with Gasteiger partial charge in [0.15, 0.2) is 0 Å². The van der Waals surface area contributed by atoms with Gasteiger partial charge in [0, 0.05) is 34.0 Å². The minimum absolute atomic E-state index is 0.0680. The Kier molecular flexibility index (Phi) is 11.9. The van der Waals surface area contributed by atoms with Crippen LogP contribution in [0.15, 0.2) is 97.1 Å². The molecular weight excluding hydrogens is 585 g/mol. The summed E-state index contributed by atoms with van der Waals surface area (Å²) in [7, 11) is 0. The molecule has 4 aromatic rings. The van der Waals surface area contributed by atoms with Gasteiger partial charge in [0.1, 0.15) is 0 Å². The molecule has 5 heteroatoms. The van der Waals surface area contributed by atoms with Crippen molar-refractivity contribution in [2.24, 2.45) is 0 Å². The Bertz CT molecular complexity index is 1450. The average Bonchev–Trinajstić information content (AvgIpc) is 3.04. The summed E-state index contributed by atoms with van der Waals surface area (Å²) in [5.41, 5.74) is 7.54. The van der Waals surface area contributed by atoms with Crippen LogP contribution in [0.1, 0.15) is 77.3 Å². The fourth-order valence-electron chi connectivity index (χ4n) is 6.76. The van der Waals surface area contributed by atoms with E-state index in [4.69, 9.17) is 32.7 Å². The first-order valence-corrected chi connectivity index (χ1v) is 16.7. The second-order valence-corrected chi connectivity index (χ2v) is 13.2. The Morgan fingerprint density at radius 2 is 1.14 bits per heavy atom. The molecule has 232 valence electrons. The predicted octanol–water partition coefficient (Wildman–Crippen LogP) is 10.2. The molecule has 0 saturated heterocycles. The Labute approximate surface area is 273 Å². The number of nitrogens with one attached hydrogen (secondary N) is 1. The second kappa shape index (κ2) is 16.1. The van der Waals surface area contributed by atoms with E-state index < -0.39 is 0 Å². The van der Waals surface area contributed by atoms with Crippen LogP contribution in [0.5, 0.6) is 0 Å². The quantitative estimate of drug-likeness (QED) is 0.150. The number of hydrogen-bond donors (Lipinski definition) is 1. The molecule has 0 spiro atoms. The van der Waals surface area contributed by atoms with Crippen LogP contribution in [0.4, 0.5) is 0 Å². The Morgan fingerprint density at radius 1 is 0.636 bits per heavy atom. The fourth-order valence-corrected chi connectivity index (χ4v) is 7.01. The van der Waals surface area contributed by atoms with Gasteiger partial charge in [0.2, 0.25) is 0 Å². The lowest BCUT2D eigenvalue weighted by atomic mass is 9.69. The lowest BCUT2D eigenvalue weighted by molar-refractivity contribution is 0.0572. The zero-order valence-corrected chi connectivity index (χ0v) is 27.5. The fraction of sp³-hybridized carbons (Fsp3) is 0.385. The summed E-state index contributed by atoms with van der Waals surface area (Å²) < 4.78 is 12.9. The summed E-state index contributed by atoms with van der Waals surface area (Å²) in [6, 6.07) is 33.5. The van der Waals surface area contributed by atoms with E-state index in [1.165, 1.54) is 41.5 Å². The molecule has 0 bridgehead atoms. The maximum absolute atomic E-state index is 6.53. The van der Waals surface area contributed by atoms with E-state index in [9.17, 15) is 0 Å². The third-order valence-electron chi connectivity index (χ3n) is 9.27. The molecule has 3 nitrogen and oxygen atoms in total. The molecule has 0 aromatic heterocycles. The van der Waals surface area contributed by atoms with Crippen LogP contribution in [0, 0.1) is 13.8 Å². The zero-order valence-electron chi connectivity index (χ0n) is 26.0. The molecule has 1 aliphatic carbocycles. The van der Waals surface area contributed by atoms with E-state index in [0.717, 1.165) is 40.6 Å². The van der Waals surface area contributed by atoms with E-state index in [1.54, 1.807) is 0 Å². The largest absolute Gasteiger partial charge is 0.376 e. The third kappa shape index (κ3) is 8.74. The van der Waals surface area contributed by atoms with Crippen LogP contribution in [0.3, 0.4) is 0 Å². The van der Waals surface area contributed by atoms with Crippen LogP contribution in [-0.4, -0.2) is 25.3 Å². The van der Waals surface area contributed by atoms with Gasteiger partial charge in [-0.05, 0) is 84.3 Å². The van der Waals surface area contributed by atoms with Gasteiger partial charge in [-0.1, -0.05) is 115 Å². The molecule has 4 aromatic carbocycles. The Morgan fingerprint density at radius 3 is 1.68 bits per heavy atom. The number of hydrogen-bond acceptors (Lipinski definition) is 3. The van der Waals surface area contributed by atoms with E-state index in [2.05, 4.69) is 79.8 Å². The van der Waals surface area contributed by atoms with E-state index in [-0.39, 0.29) is 17.4 Å². The van der Waals surface area contributed by atoms with Crippen LogP contribution < -0.4 is 5.32 Å². The molecule has 1 N–H and O–H groups in total. The van der Waals surface area contributed by atoms with Crippen molar-refractivity contribution in [2.75, 3.05) is 19.8 Å². The minimum atomic E-state index is -0.0680. The second-order valence-electron chi connectivity index (χ2n) is 12.3. The first-order valence-electron chi connectivity index (χ1n) is 15.9. The van der Waals surface area contributed by atoms with Crippen molar-refractivity contribution in [1.82, 2.24) is 5.32 Å². The first-order chi connectivity index (χ1) is 21.4. The van der Waals surface area contributed by atoms with Gasteiger partial charge in [0.25, 0.3) is 0 Å². The molecule has 0 radical (unpaired) electrons. The van der Waals surface area contributed by atoms with E-state index in [1.807, 2.05) is 36.4 Å². The van der Waals surface area contributed by atoms with Gasteiger partial charge >= 0.3 is 0 Å². The van der Waals surface area contributed by atoms with Gasteiger partial charge in [0.05, 0.1) is 26.4 Å².